The monoisotopic (exact) mass is 362 g/mol. The first-order valence-electron chi connectivity index (χ1n) is 8.25. The molecule has 1 N–H and O–H groups in total. The summed E-state index contributed by atoms with van der Waals surface area (Å²) in [6.07, 6.45) is 4.99. The first-order valence-corrected chi connectivity index (χ1v) is 9.73. The maximum absolute atomic E-state index is 13.0. The summed E-state index contributed by atoms with van der Waals surface area (Å²) in [5, 5.41) is 0. The highest BCUT2D eigenvalue weighted by molar-refractivity contribution is 7.89. The van der Waals surface area contributed by atoms with E-state index in [9.17, 15) is 8.42 Å². The van der Waals surface area contributed by atoms with Gasteiger partial charge in [0.05, 0.1) is 13.2 Å². The molecule has 25 heavy (non-hydrogen) atoms. The van der Waals surface area contributed by atoms with Crippen LogP contribution in [0.5, 0.6) is 5.75 Å². The predicted molar refractivity (Wildman–Crippen MR) is 93.8 cm³/mol. The van der Waals surface area contributed by atoms with Crippen LogP contribution in [-0.4, -0.2) is 33.7 Å². The van der Waals surface area contributed by atoms with E-state index >= 15 is 0 Å². The quantitative estimate of drug-likeness (QED) is 0.854. The van der Waals surface area contributed by atoms with E-state index in [0.29, 0.717) is 19.0 Å². The van der Waals surface area contributed by atoms with Gasteiger partial charge in [-0.3, -0.25) is 4.98 Å². The van der Waals surface area contributed by atoms with Gasteiger partial charge in [0.2, 0.25) is 10.0 Å². The SMILES string of the molecule is COc1ccccc1S(=O)(=O)NC(c1cccnc1)C1CCOCC1. The Balaban J connectivity index is 1.94. The zero-order valence-electron chi connectivity index (χ0n) is 14.1. The first kappa shape index (κ1) is 17.8. The minimum absolute atomic E-state index is 0.137. The molecular weight excluding hydrogens is 340 g/mol. The highest BCUT2D eigenvalue weighted by Gasteiger charge is 2.31. The molecule has 1 fully saturated rings. The van der Waals surface area contributed by atoms with Crippen LogP contribution in [-0.2, 0) is 14.8 Å². The third-order valence-electron chi connectivity index (χ3n) is 4.42. The van der Waals surface area contributed by atoms with Crippen LogP contribution in [0, 0.1) is 5.92 Å². The van der Waals surface area contributed by atoms with E-state index < -0.39 is 10.0 Å². The van der Waals surface area contributed by atoms with Crippen LogP contribution in [0.25, 0.3) is 0 Å². The van der Waals surface area contributed by atoms with Crippen LogP contribution < -0.4 is 9.46 Å². The average molecular weight is 362 g/mol. The third-order valence-corrected chi connectivity index (χ3v) is 5.90. The van der Waals surface area contributed by atoms with Crippen molar-refractivity contribution in [1.82, 2.24) is 9.71 Å². The molecule has 1 aliphatic rings. The van der Waals surface area contributed by atoms with Gasteiger partial charge in [-0.15, -0.1) is 0 Å². The number of sulfonamides is 1. The summed E-state index contributed by atoms with van der Waals surface area (Å²) in [4.78, 5) is 4.28. The van der Waals surface area contributed by atoms with Gasteiger partial charge in [-0.05, 0) is 42.5 Å². The lowest BCUT2D eigenvalue weighted by molar-refractivity contribution is 0.0564. The van der Waals surface area contributed by atoms with Gasteiger partial charge in [0.15, 0.2) is 0 Å². The molecule has 1 atom stereocenters. The molecule has 6 nitrogen and oxygen atoms in total. The molecule has 1 unspecified atom stereocenters. The summed E-state index contributed by atoms with van der Waals surface area (Å²) < 4.78 is 39.5. The Morgan fingerprint density at radius 2 is 1.96 bits per heavy atom. The number of hydrogen-bond acceptors (Lipinski definition) is 5. The summed E-state index contributed by atoms with van der Waals surface area (Å²) in [6.45, 7) is 1.27. The van der Waals surface area contributed by atoms with E-state index in [1.807, 2.05) is 12.1 Å². The second kappa shape index (κ2) is 7.95. The Hall–Kier alpha value is -1.96. The minimum atomic E-state index is -3.74. The maximum Gasteiger partial charge on any atom is 0.244 e. The lowest BCUT2D eigenvalue weighted by Crippen LogP contribution is -2.36. The number of nitrogens with zero attached hydrogens (tertiary/aromatic N) is 1. The van der Waals surface area contributed by atoms with Crippen molar-refractivity contribution >= 4 is 10.0 Å². The number of para-hydroxylation sites is 1. The second-order valence-electron chi connectivity index (χ2n) is 5.99. The Kier molecular flexibility index (Phi) is 5.67. The van der Waals surface area contributed by atoms with Gasteiger partial charge >= 0.3 is 0 Å². The molecule has 1 aliphatic heterocycles. The van der Waals surface area contributed by atoms with E-state index in [1.165, 1.54) is 7.11 Å². The molecule has 0 spiro atoms. The largest absolute Gasteiger partial charge is 0.495 e. The summed E-state index contributed by atoms with van der Waals surface area (Å²) in [5.74, 6) is 0.481. The number of aromatic nitrogens is 1. The fourth-order valence-electron chi connectivity index (χ4n) is 3.12. The Morgan fingerprint density at radius 3 is 2.64 bits per heavy atom. The average Bonchev–Trinajstić information content (AvgIpc) is 2.67. The molecule has 134 valence electrons. The predicted octanol–water partition coefficient (Wildman–Crippen LogP) is 2.54. The lowest BCUT2D eigenvalue weighted by atomic mass is 9.88. The zero-order chi connectivity index (χ0) is 17.7. The minimum Gasteiger partial charge on any atom is -0.495 e. The fourth-order valence-corrected chi connectivity index (χ4v) is 4.58. The highest BCUT2D eigenvalue weighted by atomic mass is 32.2. The molecular formula is C18H22N2O4S. The van der Waals surface area contributed by atoms with Gasteiger partial charge in [0, 0.05) is 25.6 Å². The van der Waals surface area contributed by atoms with Crippen molar-refractivity contribution in [2.75, 3.05) is 20.3 Å². The van der Waals surface area contributed by atoms with Crippen molar-refractivity contribution in [3.63, 3.8) is 0 Å². The normalized spacial score (nSPS) is 17.2. The zero-order valence-corrected chi connectivity index (χ0v) is 14.9. The van der Waals surface area contributed by atoms with Gasteiger partial charge in [-0.25, -0.2) is 13.1 Å². The van der Waals surface area contributed by atoms with Crippen LogP contribution in [0.3, 0.4) is 0 Å². The third kappa shape index (κ3) is 4.18. The van der Waals surface area contributed by atoms with Crippen LogP contribution in [0.15, 0.2) is 53.7 Å². The smallest absolute Gasteiger partial charge is 0.244 e. The van der Waals surface area contributed by atoms with E-state index in [-0.39, 0.29) is 16.9 Å². The number of benzene rings is 1. The van der Waals surface area contributed by atoms with Crippen molar-refractivity contribution in [3.8, 4) is 5.75 Å². The van der Waals surface area contributed by atoms with Crippen molar-refractivity contribution in [3.05, 3.63) is 54.4 Å². The molecule has 2 heterocycles. The molecule has 0 aliphatic carbocycles. The summed E-state index contributed by atoms with van der Waals surface area (Å²) in [5.41, 5.74) is 0.855. The number of rotatable bonds is 6. The molecule has 1 aromatic heterocycles. The second-order valence-corrected chi connectivity index (χ2v) is 7.67. The molecule has 0 radical (unpaired) electrons. The Labute approximate surface area is 148 Å². The van der Waals surface area contributed by atoms with Gasteiger partial charge in [0.25, 0.3) is 0 Å². The maximum atomic E-state index is 13.0. The summed E-state index contributed by atoms with van der Waals surface area (Å²) in [7, 11) is -2.28. The van der Waals surface area contributed by atoms with E-state index in [4.69, 9.17) is 9.47 Å². The topological polar surface area (TPSA) is 77.5 Å². The van der Waals surface area contributed by atoms with Crippen LogP contribution in [0.2, 0.25) is 0 Å². The Bertz CT molecular complexity index is 790. The molecule has 2 aromatic rings. The van der Waals surface area contributed by atoms with Crippen LogP contribution >= 0.6 is 0 Å². The molecule has 1 saturated heterocycles. The van der Waals surface area contributed by atoms with E-state index in [2.05, 4.69) is 9.71 Å². The summed E-state index contributed by atoms with van der Waals surface area (Å²) >= 11 is 0. The molecule has 0 amide bonds. The Morgan fingerprint density at radius 1 is 1.20 bits per heavy atom. The molecule has 0 bridgehead atoms. The van der Waals surface area contributed by atoms with E-state index in [1.54, 1.807) is 36.7 Å². The van der Waals surface area contributed by atoms with Gasteiger partial charge in [-0.2, -0.15) is 0 Å². The van der Waals surface area contributed by atoms with Gasteiger partial charge in [-0.1, -0.05) is 18.2 Å². The molecule has 3 rings (SSSR count). The first-order chi connectivity index (χ1) is 12.1. The lowest BCUT2D eigenvalue weighted by Gasteiger charge is -2.31. The summed E-state index contributed by atoms with van der Waals surface area (Å²) in [6, 6.07) is 9.98. The van der Waals surface area contributed by atoms with E-state index in [0.717, 1.165) is 18.4 Å². The highest BCUT2D eigenvalue weighted by Crippen LogP contribution is 2.32. The van der Waals surface area contributed by atoms with Crippen molar-refractivity contribution < 1.29 is 17.9 Å². The van der Waals surface area contributed by atoms with Crippen molar-refractivity contribution in [2.24, 2.45) is 5.92 Å². The number of hydrogen-bond donors (Lipinski definition) is 1. The van der Waals surface area contributed by atoms with Crippen molar-refractivity contribution in [2.45, 2.75) is 23.8 Å². The van der Waals surface area contributed by atoms with Crippen molar-refractivity contribution in [1.29, 1.82) is 0 Å². The standard InChI is InChI=1S/C18H22N2O4S/c1-23-16-6-2-3-7-17(16)25(21,22)20-18(14-8-11-24-12-9-14)15-5-4-10-19-13-15/h2-7,10,13-14,18,20H,8-9,11-12H2,1H3. The fraction of sp³-hybridized carbons (Fsp3) is 0.389. The number of methoxy groups -OCH3 is 1. The number of pyridine rings is 1. The van der Waals surface area contributed by atoms with Crippen LogP contribution in [0.1, 0.15) is 24.4 Å². The number of nitrogens with one attached hydrogen (secondary N) is 1. The van der Waals surface area contributed by atoms with Gasteiger partial charge in [0.1, 0.15) is 10.6 Å². The molecule has 0 saturated carbocycles. The van der Waals surface area contributed by atoms with Crippen LogP contribution in [0.4, 0.5) is 0 Å². The molecule has 1 aromatic carbocycles. The van der Waals surface area contributed by atoms with Gasteiger partial charge < -0.3 is 9.47 Å². The number of ether oxygens (including phenoxy) is 2. The molecule has 7 heteroatoms.